The Hall–Kier alpha value is -1.85. The van der Waals surface area contributed by atoms with Gasteiger partial charge in [-0.25, -0.2) is 4.79 Å². The number of carbonyl (C=O) groups is 2. The van der Waals surface area contributed by atoms with Crippen LogP contribution in [0.4, 0.5) is 0 Å². The fourth-order valence-corrected chi connectivity index (χ4v) is 2.14. The van der Waals surface area contributed by atoms with Gasteiger partial charge in [-0.2, -0.15) is 5.10 Å². The van der Waals surface area contributed by atoms with Crippen LogP contribution in [0.2, 0.25) is 0 Å². The molecular weight excluding hydrogens is 234 g/mol. The Morgan fingerprint density at radius 3 is 2.72 bits per heavy atom. The van der Waals surface area contributed by atoms with E-state index in [1.54, 1.807) is 23.1 Å². The Bertz CT molecular complexity index is 437. The zero-order valence-corrected chi connectivity index (χ0v) is 10.3. The highest BCUT2D eigenvalue weighted by molar-refractivity contribution is 5.87. The molecular formula is C12H17N3O3. The number of hydrogen-bond acceptors (Lipinski definition) is 3. The highest BCUT2D eigenvalue weighted by Gasteiger charge is 2.45. The second-order valence-electron chi connectivity index (χ2n) is 4.83. The van der Waals surface area contributed by atoms with Gasteiger partial charge in [-0.1, -0.05) is 0 Å². The van der Waals surface area contributed by atoms with Crippen molar-refractivity contribution in [3.63, 3.8) is 0 Å². The van der Waals surface area contributed by atoms with E-state index in [1.807, 2.05) is 6.92 Å². The minimum Gasteiger partial charge on any atom is -0.480 e. The van der Waals surface area contributed by atoms with Gasteiger partial charge in [0.05, 0.1) is 6.04 Å². The lowest BCUT2D eigenvalue weighted by Gasteiger charge is -2.38. The zero-order chi connectivity index (χ0) is 13.2. The van der Waals surface area contributed by atoms with Crippen molar-refractivity contribution in [1.82, 2.24) is 15.1 Å². The van der Waals surface area contributed by atoms with Gasteiger partial charge in [-0.3, -0.25) is 9.48 Å². The predicted octanol–water partition coefficient (Wildman–Crippen LogP) is 0.958. The van der Waals surface area contributed by atoms with Crippen molar-refractivity contribution in [3.05, 3.63) is 18.5 Å². The van der Waals surface area contributed by atoms with Gasteiger partial charge in [0.15, 0.2) is 0 Å². The average Bonchev–Trinajstić information content (AvgIpc) is 2.76. The zero-order valence-electron chi connectivity index (χ0n) is 10.3. The number of nitrogens with zero attached hydrogens (tertiary/aromatic N) is 2. The molecule has 1 amide bonds. The molecule has 0 aromatic carbocycles. The molecule has 0 unspecified atom stereocenters. The van der Waals surface area contributed by atoms with Crippen LogP contribution in [0.5, 0.6) is 0 Å². The molecule has 0 bridgehead atoms. The molecule has 2 N–H and O–H groups in total. The molecule has 2 rings (SSSR count). The normalized spacial score (nSPS) is 18.7. The third-order valence-corrected chi connectivity index (χ3v) is 3.45. The van der Waals surface area contributed by atoms with Gasteiger partial charge in [0, 0.05) is 18.8 Å². The van der Waals surface area contributed by atoms with Crippen LogP contribution in [0.25, 0.3) is 0 Å². The van der Waals surface area contributed by atoms with Crippen molar-refractivity contribution in [2.45, 2.75) is 44.2 Å². The first kappa shape index (κ1) is 12.6. The van der Waals surface area contributed by atoms with Crippen LogP contribution in [0.3, 0.4) is 0 Å². The number of carbonyl (C=O) groups excluding carboxylic acids is 1. The van der Waals surface area contributed by atoms with E-state index >= 15 is 0 Å². The van der Waals surface area contributed by atoms with Gasteiger partial charge in [0.25, 0.3) is 0 Å². The van der Waals surface area contributed by atoms with Gasteiger partial charge < -0.3 is 10.4 Å². The number of nitrogens with one attached hydrogen (secondary N) is 1. The van der Waals surface area contributed by atoms with E-state index in [-0.39, 0.29) is 18.4 Å². The third kappa shape index (κ3) is 2.37. The molecule has 0 saturated heterocycles. The molecule has 6 nitrogen and oxygen atoms in total. The van der Waals surface area contributed by atoms with E-state index in [9.17, 15) is 9.59 Å². The minimum absolute atomic E-state index is 0.0779. The van der Waals surface area contributed by atoms with Crippen LogP contribution in [0.15, 0.2) is 18.5 Å². The lowest BCUT2D eigenvalue weighted by molar-refractivity contribution is -0.151. The van der Waals surface area contributed by atoms with Crippen LogP contribution in [0, 0.1) is 0 Å². The largest absolute Gasteiger partial charge is 0.480 e. The maximum Gasteiger partial charge on any atom is 0.329 e. The van der Waals surface area contributed by atoms with Crippen LogP contribution in [0.1, 0.15) is 38.6 Å². The number of carboxylic acids is 1. The standard InChI is InChI=1S/C12H17N3O3/c1-9(15-7-3-6-13-15)8-10(16)14-12(11(17)18)4-2-5-12/h3,6-7,9H,2,4-5,8H2,1H3,(H,14,16)(H,17,18)/t9-/m1/s1. The predicted molar refractivity (Wildman–Crippen MR) is 63.9 cm³/mol. The molecule has 0 radical (unpaired) electrons. The second-order valence-corrected chi connectivity index (χ2v) is 4.83. The number of amides is 1. The lowest BCUT2D eigenvalue weighted by Crippen LogP contribution is -2.59. The topological polar surface area (TPSA) is 84.2 Å². The van der Waals surface area contributed by atoms with Crippen LogP contribution >= 0.6 is 0 Å². The van der Waals surface area contributed by atoms with Crippen LogP contribution in [-0.4, -0.2) is 32.3 Å². The molecule has 0 aliphatic heterocycles. The quantitative estimate of drug-likeness (QED) is 0.816. The SMILES string of the molecule is C[C@H](CC(=O)NC1(C(=O)O)CCC1)n1cccn1. The Balaban J connectivity index is 1.91. The van der Waals surface area contributed by atoms with Crippen molar-refractivity contribution in [2.75, 3.05) is 0 Å². The van der Waals surface area contributed by atoms with Crippen molar-refractivity contribution in [2.24, 2.45) is 0 Å². The Morgan fingerprint density at radius 2 is 2.28 bits per heavy atom. The molecule has 1 atom stereocenters. The summed E-state index contributed by atoms with van der Waals surface area (Å²) in [6.45, 7) is 1.88. The van der Waals surface area contributed by atoms with E-state index in [0.717, 1.165) is 6.42 Å². The van der Waals surface area contributed by atoms with Gasteiger partial charge in [0.2, 0.25) is 5.91 Å². The molecule has 1 saturated carbocycles. The Morgan fingerprint density at radius 1 is 1.56 bits per heavy atom. The first-order valence-electron chi connectivity index (χ1n) is 6.07. The van der Waals surface area contributed by atoms with Crippen LogP contribution in [-0.2, 0) is 9.59 Å². The summed E-state index contributed by atoms with van der Waals surface area (Å²) < 4.78 is 1.69. The third-order valence-electron chi connectivity index (χ3n) is 3.45. The van der Waals surface area contributed by atoms with Gasteiger partial charge in [-0.15, -0.1) is 0 Å². The maximum absolute atomic E-state index is 11.8. The lowest BCUT2D eigenvalue weighted by atomic mass is 9.76. The van der Waals surface area contributed by atoms with Crippen molar-refractivity contribution in [3.8, 4) is 0 Å². The molecule has 18 heavy (non-hydrogen) atoms. The number of aromatic nitrogens is 2. The molecule has 98 valence electrons. The summed E-state index contributed by atoms with van der Waals surface area (Å²) in [6, 6.07) is 1.71. The van der Waals surface area contributed by atoms with E-state index in [2.05, 4.69) is 10.4 Å². The minimum atomic E-state index is -1.03. The summed E-state index contributed by atoms with van der Waals surface area (Å²) in [7, 11) is 0. The van der Waals surface area contributed by atoms with Gasteiger partial charge in [-0.05, 0) is 32.3 Å². The van der Waals surface area contributed by atoms with Crippen LogP contribution < -0.4 is 5.32 Å². The maximum atomic E-state index is 11.8. The highest BCUT2D eigenvalue weighted by Crippen LogP contribution is 2.32. The second kappa shape index (κ2) is 4.80. The number of carboxylic acid groups (broad SMARTS) is 1. The summed E-state index contributed by atoms with van der Waals surface area (Å²) in [5.41, 5.74) is -1.03. The Kier molecular flexibility index (Phi) is 3.36. The van der Waals surface area contributed by atoms with Gasteiger partial charge in [0.1, 0.15) is 5.54 Å². The first-order chi connectivity index (χ1) is 8.53. The fraction of sp³-hybridized carbons (Fsp3) is 0.583. The molecule has 1 heterocycles. The first-order valence-corrected chi connectivity index (χ1v) is 6.07. The fourth-order valence-electron chi connectivity index (χ4n) is 2.14. The summed E-state index contributed by atoms with van der Waals surface area (Å²) in [6.07, 6.45) is 5.56. The van der Waals surface area contributed by atoms with E-state index < -0.39 is 11.5 Å². The molecule has 1 fully saturated rings. The van der Waals surface area contributed by atoms with E-state index in [4.69, 9.17) is 5.11 Å². The summed E-state index contributed by atoms with van der Waals surface area (Å²) in [4.78, 5) is 23.0. The van der Waals surface area contributed by atoms with Crippen molar-refractivity contribution in [1.29, 1.82) is 0 Å². The number of aliphatic carboxylic acids is 1. The van der Waals surface area contributed by atoms with Crippen molar-refractivity contribution >= 4 is 11.9 Å². The molecule has 1 aliphatic carbocycles. The van der Waals surface area contributed by atoms with Crippen molar-refractivity contribution < 1.29 is 14.7 Å². The summed E-state index contributed by atoms with van der Waals surface area (Å²) in [5.74, 6) is -1.17. The molecule has 1 aromatic rings. The number of hydrogen-bond donors (Lipinski definition) is 2. The molecule has 1 aromatic heterocycles. The summed E-state index contributed by atoms with van der Waals surface area (Å²) >= 11 is 0. The number of rotatable bonds is 5. The summed E-state index contributed by atoms with van der Waals surface area (Å²) in [5, 5.41) is 15.8. The molecule has 0 spiro atoms. The van der Waals surface area contributed by atoms with E-state index in [0.29, 0.717) is 12.8 Å². The monoisotopic (exact) mass is 251 g/mol. The van der Waals surface area contributed by atoms with E-state index in [1.165, 1.54) is 0 Å². The Labute approximate surface area is 105 Å². The van der Waals surface area contributed by atoms with Gasteiger partial charge >= 0.3 is 5.97 Å². The highest BCUT2D eigenvalue weighted by atomic mass is 16.4. The molecule has 1 aliphatic rings. The average molecular weight is 251 g/mol. The smallest absolute Gasteiger partial charge is 0.329 e. The molecule has 6 heteroatoms.